The van der Waals surface area contributed by atoms with E-state index in [4.69, 9.17) is 4.74 Å². The van der Waals surface area contributed by atoms with E-state index in [2.05, 4.69) is 32.7 Å². The van der Waals surface area contributed by atoms with E-state index in [9.17, 15) is 4.39 Å². The molecule has 6 heteroatoms. The molecule has 2 aromatic rings. The highest BCUT2D eigenvalue weighted by Gasteiger charge is 2.23. The monoisotopic (exact) mass is 398 g/mol. The predicted octanol–water partition coefficient (Wildman–Crippen LogP) is 3.90. The molecule has 0 bridgehead atoms. The molecular formula is C23H31FN4O. The van der Waals surface area contributed by atoms with E-state index in [1.807, 2.05) is 31.2 Å². The lowest BCUT2D eigenvalue weighted by Gasteiger charge is -2.21. The van der Waals surface area contributed by atoms with Crippen LogP contribution in [0.3, 0.4) is 0 Å². The van der Waals surface area contributed by atoms with E-state index >= 15 is 0 Å². The van der Waals surface area contributed by atoms with Gasteiger partial charge in [-0.05, 0) is 55.5 Å². The zero-order chi connectivity index (χ0) is 20.8. The first-order valence-corrected chi connectivity index (χ1v) is 10.1. The molecule has 0 spiro atoms. The maximum atomic E-state index is 13.8. The highest BCUT2D eigenvalue weighted by Crippen LogP contribution is 2.26. The molecule has 2 unspecified atom stereocenters. The van der Waals surface area contributed by atoms with Crippen molar-refractivity contribution in [1.29, 1.82) is 0 Å². The van der Waals surface area contributed by atoms with Crippen LogP contribution in [-0.4, -0.2) is 39.8 Å². The summed E-state index contributed by atoms with van der Waals surface area (Å²) < 4.78 is 19.2. The average Bonchev–Trinajstić information content (AvgIpc) is 3.22. The standard InChI is InChI=1S/C23H31FN4O/c1-16-8-9-19(12-22(16)24)17(2)27-23(25-3)26-14-18-10-11-28(15-18)20-6-5-7-21(13-20)29-4/h5-9,12-13,17-18H,10-11,14-15H2,1-4H3,(H2,25,26,27). The molecule has 0 amide bonds. The van der Waals surface area contributed by atoms with Crippen LogP contribution in [0, 0.1) is 18.7 Å². The second kappa shape index (κ2) is 9.63. The molecule has 1 aliphatic rings. The summed E-state index contributed by atoms with van der Waals surface area (Å²) in [6.07, 6.45) is 1.12. The fourth-order valence-electron chi connectivity index (χ4n) is 3.64. The van der Waals surface area contributed by atoms with Crippen LogP contribution in [0.4, 0.5) is 10.1 Å². The van der Waals surface area contributed by atoms with E-state index in [1.165, 1.54) is 5.69 Å². The van der Waals surface area contributed by atoms with E-state index in [-0.39, 0.29) is 11.9 Å². The molecule has 2 atom stereocenters. The third-order valence-corrected chi connectivity index (χ3v) is 5.54. The summed E-state index contributed by atoms with van der Waals surface area (Å²) in [4.78, 5) is 6.72. The Morgan fingerprint density at radius 1 is 1.31 bits per heavy atom. The van der Waals surface area contributed by atoms with Crippen LogP contribution in [0.25, 0.3) is 0 Å². The quantitative estimate of drug-likeness (QED) is 0.572. The lowest BCUT2D eigenvalue weighted by atomic mass is 10.1. The summed E-state index contributed by atoms with van der Waals surface area (Å²) in [5.41, 5.74) is 2.76. The number of guanidine groups is 1. The highest BCUT2D eigenvalue weighted by molar-refractivity contribution is 5.80. The Morgan fingerprint density at radius 2 is 2.14 bits per heavy atom. The molecule has 1 heterocycles. The Kier molecular flexibility index (Phi) is 6.96. The summed E-state index contributed by atoms with van der Waals surface area (Å²) in [7, 11) is 3.45. The zero-order valence-electron chi connectivity index (χ0n) is 17.7. The second-order valence-corrected chi connectivity index (χ2v) is 7.63. The first-order valence-electron chi connectivity index (χ1n) is 10.1. The van der Waals surface area contributed by atoms with Crippen LogP contribution in [0.15, 0.2) is 47.5 Å². The van der Waals surface area contributed by atoms with E-state index in [0.29, 0.717) is 11.5 Å². The Hall–Kier alpha value is -2.76. The van der Waals surface area contributed by atoms with Gasteiger partial charge in [0.05, 0.1) is 13.2 Å². The van der Waals surface area contributed by atoms with Crippen molar-refractivity contribution in [3.05, 3.63) is 59.4 Å². The molecule has 0 saturated carbocycles. The number of benzene rings is 2. The van der Waals surface area contributed by atoms with Gasteiger partial charge in [0, 0.05) is 38.4 Å². The number of nitrogens with one attached hydrogen (secondary N) is 2. The summed E-state index contributed by atoms with van der Waals surface area (Å²) >= 11 is 0. The minimum absolute atomic E-state index is 0.0341. The zero-order valence-corrected chi connectivity index (χ0v) is 17.7. The molecular weight excluding hydrogens is 367 g/mol. The molecule has 0 aliphatic carbocycles. The molecule has 29 heavy (non-hydrogen) atoms. The maximum Gasteiger partial charge on any atom is 0.191 e. The van der Waals surface area contributed by atoms with Crippen molar-refractivity contribution >= 4 is 11.6 Å². The molecule has 1 aliphatic heterocycles. The number of ether oxygens (including phenoxy) is 1. The van der Waals surface area contributed by atoms with Gasteiger partial charge in [0.2, 0.25) is 0 Å². The first-order chi connectivity index (χ1) is 14.0. The molecule has 2 aromatic carbocycles. The van der Waals surface area contributed by atoms with Crippen molar-refractivity contribution in [2.45, 2.75) is 26.3 Å². The molecule has 156 valence electrons. The Balaban J connectivity index is 1.51. The lowest BCUT2D eigenvalue weighted by molar-refractivity contribution is 0.415. The van der Waals surface area contributed by atoms with Crippen molar-refractivity contribution in [3.8, 4) is 5.75 Å². The van der Waals surface area contributed by atoms with Crippen molar-refractivity contribution < 1.29 is 9.13 Å². The van der Waals surface area contributed by atoms with Gasteiger partial charge in [-0.3, -0.25) is 4.99 Å². The van der Waals surface area contributed by atoms with Crippen molar-refractivity contribution in [3.63, 3.8) is 0 Å². The van der Waals surface area contributed by atoms with Crippen molar-refractivity contribution in [2.24, 2.45) is 10.9 Å². The number of methoxy groups -OCH3 is 1. The topological polar surface area (TPSA) is 48.9 Å². The molecule has 0 radical (unpaired) electrons. The predicted molar refractivity (Wildman–Crippen MR) is 117 cm³/mol. The van der Waals surface area contributed by atoms with Gasteiger partial charge in [0.1, 0.15) is 11.6 Å². The van der Waals surface area contributed by atoms with E-state index < -0.39 is 0 Å². The van der Waals surface area contributed by atoms with Crippen LogP contribution >= 0.6 is 0 Å². The largest absolute Gasteiger partial charge is 0.497 e. The van der Waals surface area contributed by atoms with Crippen molar-refractivity contribution in [2.75, 3.05) is 38.7 Å². The number of nitrogens with zero attached hydrogens (tertiary/aromatic N) is 2. The van der Waals surface area contributed by atoms with Gasteiger partial charge in [-0.1, -0.05) is 18.2 Å². The fraction of sp³-hybridized carbons (Fsp3) is 0.435. The summed E-state index contributed by atoms with van der Waals surface area (Å²) in [6.45, 7) is 6.65. The van der Waals surface area contributed by atoms with Crippen LogP contribution in [0.2, 0.25) is 0 Å². The number of aryl methyl sites for hydroxylation is 1. The van der Waals surface area contributed by atoms with Gasteiger partial charge in [-0.2, -0.15) is 0 Å². The molecule has 3 rings (SSSR count). The summed E-state index contributed by atoms with van der Waals surface area (Å²) in [5.74, 6) is 1.98. The first kappa shape index (κ1) is 21.0. The lowest BCUT2D eigenvalue weighted by Crippen LogP contribution is -2.41. The SMILES string of the molecule is CN=C(NCC1CCN(c2cccc(OC)c2)C1)NC(C)c1ccc(C)c(F)c1. The average molecular weight is 399 g/mol. The summed E-state index contributed by atoms with van der Waals surface area (Å²) in [6, 6.07) is 13.5. The Morgan fingerprint density at radius 3 is 2.86 bits per heavy atom. The Labute approximate surface area is 173 Å². The second-order valence-electron chi connectivity index (χ2n) is 7.63. The van der Waals surface area contributed by atoms with Gasteiger partial charge in [-0.15, -0.1) is 0 Å². The van der Waals surface area contributed by atoms with Gasteiger partial charge in [0.15, 0.2) is 5.96 Å². The van der Waals surface area contributed by atoms with Crippen molar-refractivity contribution in [1.82, 2.24) is 10.6 Å². The molecule has 0 aromatic heterocycles. The molecule has 2 N–H and O–H groups in total. The number of halogens is 1. The van der Waals surface area contributed by atoms with Crippen LogP contribution in [-0.2, 0) is 0 Å². The Bertz CT molecular complexity index is 855. The smallest absolute Gasteiger partial charge is 0.191 e. The van der Waals surface area contributed by atoms with Crippen LogP contribution < -0.4 is 20.3 Å². The third kappa shape index (κ3) is 5.40. The minimum Gasteiger partial charge on any atom is -0.497 e. The number of hydrogen-bond acceptors (Lipinski definition) is 3. The molecule has 1 fully saturated rings. The third-order valence-electron chi connectivity index (χ3n) is 5.54. The van der Waals surface area contributed by atoms with Gasteiger partial charge >= 0.3 is 0 Å². The normalized spacial score (nSPS) is 17.9. The summed E-state index contributed by atoms with van der Waals surface area (Å²) in [5, 5.41) is 6.78. The number of aliphatic imine (C=N–C) groups is 1. The van der Waals surface area contributed by atoms with E-state index in [1.54, 1.807) is 27.1 Å². The maximum absolute atomic E-state index is 13.8. The number of rotatable bonds is 6. The molecule has 1 saturated heterocycles. The molecule has 5 nitrogen and oxygen atoms in total. The number of hydrogen-bond donors (Lipinski definition) is 2. The fourth-order valence-corrected chi connectivity index (χ4v) is 3.64. The van der Waals surface area contributed by atoms with Crippen LogP contribution in [0.1, 0.15) is 30.5 Å². The van der Waals surface area contributed by atoms with Gasteiger partial charge in [-0.25, -0.2) is 4.39 Å². The van der Waals surface area contributed by atoms with Gasteiger partial charge in [0.25, 0.3) is 0 Å². The number of anilines is 1. The van der Waals surface area contributed by atoms with Crippen LogP contribution in [0.5, 0.6) is 5.75 Å². The highest BCUT2D eigenvalue weighted by atomic mass is 19.1. The minimum atomic E-state index is -0.178. The van der Waals surface area contributed by atoms with E-state index in [0.717, 1.165) is 43.3 Å². The van der Waals surface area contributed by atoms with Gasteiger partial charge < -0.3 is 20.3 Å².